The van der Waals surface area contributed by atoms with Gasteiger partial charge in [-0.05, 0) is 36.6 Å². The lowest BCUT2D eigenvalue weighted by Gasteiger charge is -2.39. The van der Waals surface area contributed by atoms with Gasteiger partial charge in [-0.1, -0.05) is 30.3 Å². The molecular formula is C23H25FN4O3. The fourth-order valence-electron chi connectivity index (χ4n) is 4.10. The molecule has 1 spiro atoms. The molecular weight excluding hydrogens is 399 g/mol. The van der Waals surface area contributed by atoms with E-state index < -0.39 is 5.66 Å². The molecule has 162 valence electrons. The average Bonchev–Trinajstić information content (AvgIpc) is 2.89. The summed E-state index contributed by atoms with van der Waals surface area (Å²) in [4.78, 5) is 39.0. The summed E-state index contributed by atoms with van der Waals surface area (Å²) in [5.74, 6) is -0.878. The molecule has 8 heteroatoms. The van der Waals surface area contributed by atoms with Crippen LogP contribution in [-0.2, 0) is 16.0 Å². The lowest BCUT2D eigenvalue weighted by molar-refractivity contribution is -0.135. The second kappa shape index (κ2) is 8.75. The van der Waals surface area contributed by atoms with Crippen molar-refractivity contribution < 1.29 is 18.8 Å². The minimum absolute atomic E-state index is 0.0588. The van der Waals surface area contributed by atoms with Crippen molar-refractivity contribution in [1.29, 1.82) is 0 Å². The van der Waals surface area contributed by atoms with Crippen LogP contribution in [-0.4, -0.2) is 47.9 Å². The van der Waals surface area contributed by atoms with Gasteiger partial charge in [0, 0.05) is 31.6 Å². The molecule has 0 bridgehead atoms. The van der Waals surface area contributed by atoms with Crippen LogP contribution in [0.25, 0.3) is 0 Å². The van der Waals surface area contributed by atoms with Crippen molar-refractivity contribution in [2.75, 3.05) is 25.0 Å². The van der Waals surface area contributed by atoms with Gasteiger partial charge in [0.05, 0.1) is 12.1 Å². The van der Waals surface area contributed by atoms with Gasteiger partial charge in [0.25, 0.3) is 5.91 Å². The van der Waals surface area contributed by atoms with E-state index in [1.54, 1.807) is 30.3 Å². The smallest absolute Gasteiger partial charge is 0.255 e. The quantitative estimate of drug-likeness (QED) is 0.685. The summed E-state index contributed by atoms with van der Waals surface area (Å²) in [5.41, 5.74) is 1.15. The number of anilines is 1. The molecule has 2 aliphatic rings. The Hall–Kier alpha value is -3.42. The summed E-state index contributed by atoms with van der Waals surface area (Å²) in [6, 6.07) is 13.7. The van der Waals surface area contributed by atoms with Crippen LogP contribution in [0, 0.1) is 5.82 Å². The van der Waals surface area contributed by atoms with Crippen LogP contribution in [0.15, 0.2) is 48.5 Å². The molecule has 2 heterocycles. The number of carbonyl (C=O) groups is 3. The number of nitrogens with zero attached hydrogens (tertiary/aromatic N) is 1. The predicted molar refractivity (Wildman–Crippen MR) is 114 cm³/mol. The molecule has 0 saturated carbocycles. The van der Waals surface area contributed by atoms with Gasteiger partial charge >= 0.3 is 0 Å². The molecule has 3 N–H and O–H groups in total. The van der Waals surface area contributed by atoms with E-state index in [0.717, 1.165) is 5.69 Å². The van der Waals surface area contributed by atoms with Crippen LogP contribution < -0.4 is 16.0 Å². The molecule has 0 radical (unpaired) electrons. The first kappa shape index (κ1) is 20.8. The maximum absolute atomic E-state index is 13.7. The van der Waals surface area contributed by atoms with Crippen LogP contribution in [0.5, 0.6) is 0 Å². The number of para-hydroxylation sites is 1. The topological polar surface area (TPSA) is 90.5 Å². The van der Waals surface area contributed by atoms with E-state index in [-0.39, 0.29) is 36.5 Å². The highest BCUT2D eigenvalue weighted by Gasteiger charge is 2.40. The normalized spacial score (nSPS) is 20.5. The molecule has 1 fully saturated rings. The Balaban J connectivity index is 1.33. The third-order valence-corrected chi connectivity index (χ3v) is 5.83. The van der Waals surface area contributed by atoms with Crippen LogP contribution in [0.3, 0.4) is 0 Å². The van der Waals surface area contributed by atoms with Gasteiger partial charge in [-0.25, -0.2) is 4.39 Å². The molecule has 4 rings (SSSR count). The van der Waals surface area contributed by atoms with Gasteiger partial charge in [-0.2, -0.15) is 0 Å². The van der Waals surface area contributed by atoms with Gasteiger partial charge in [-0.15, -0.1) is 0 Å². The highest BCUT2D eigenvalue weighted by molar-refractivity contribution is 6.02. The van der Waals surface area contributed by atoms with Gasteiger partial charge in [0.2, 0.25) is 11.8 Å². The lowest BCUT2D eigenvalue weighted by Crippen LogP contribution is -2.58. The summed E-state index contributed by atoms with van der Waals surface area (Å²) in [7, 11) is 0. The van der Waals surface area contributed by atoms with E-state index in [1.807, 2.05) is 12.1 Å². The molecule has 7 nitrogen and oxygen atoms in total. The highest BCUT2D eigenvalue weighted by atomic mass is 19.1. The molecule has 1 unspecified atom stereocenters. The Kier molecular flexibility index (Phi) is 5.88. The fourth-order valence-corrected chi connectivity index (χ4v) is 4.10. The number of hydrogen-bond acceptors (Lipinski definition) is 4. The van der Waals surface area contributed by atoms with Crippen LogP contribution in [0.4, 0.5) is 10.1 Å². The Morgan fingerprint density at radius 2 is 1.84 bits per heavy atom. The van der Waals surface area contributed by atoms with Gasteiger partial charge < -0.3 is 20.9 Å². The van der Waals surface area contributed by atoms with E-state index in [9.17, 15) is 18.8 Å². The van der Waals surface area contributed by atoms with Crippen molar-refractivity contribution in [3.63, 3.8) is 0 Å². The second-order valence-corrected chi connectivity index (χ2v) is 7.96. The van der Waals surface area contributed by atoms with Gasteiger partial charge in [0.1, 0.15) is 11.5 Å². The van der Waals surface area contributed by atoms with Crippen molar-refractivity contribution in [3.05, 3.63) is 65.5 Å². The summed E-state index contributed by atoms with van der Waals surface area (Å²) in [6.07, 6.45) is 1.53. The number of halogens is 1. The summed E-state index contributed by atoms with van der Waals surface area (Å²) in [5, 5.41) is 9.16. The van der Waals surface area contributed by atoms with E-state index in [0.29, 0.717) is 43.5 Å². The predicted octanol–water partition coefficient (Wildman–Crippen LogP) is 2.05. The number of amides is 3. The summed E-state index contributed by atoms with van der Waals surface area (Å²) < 4.78 is 13.7. The first-order valence-corrected chi connectivity index (χ1v) is 10.4. The van der Waals surface area contributed by atoms with E-state index in [4.69, 9.17) is 0 Å². The van der Waals surface area contributed by atoms with Crippen LogP contribution >= 0.6 is 0 Å². The molecule has 3 amide bonds. The second-order valence-electron chi connectivity index (χ2n) is 7.96. The monoisotopic (exact) mass is 424 g/mol. The number of carbonyl (C=O) groups excluding carboxylic acids is 3. The maximum Gasteiger partial charge on any atom is 0.255 e. The summed E-state index contributed by atoms with van der Waals surface area (Å²) >= 11 is 0. The number of fused-ring (bicyclic) bond motifs is 1. The molecule has 0 aliphatic carbocycles. The maximum atomic E-state index is 13.7. The summed E-state index contributed by atoms with van der Waals surface area (Å²) in [6.45, 7) is 0.575. The molecule has 1 atom stereocenters. The van der Waals surface area contributed by atoms with Crippen LogP contribution in [0.1, 0.15) is 35.2 Å². The van der Waals surface area contributed by atoms with Crippen molar-refractivity contribution >= 4 is 23.4 Å². The van der Waals surface area contributed by atoms with Crippen molar-refractivity contribution in [1.82, 2.24) is 15.5 Å². The number of likely N-dealkylation sites (tertiary alicyclic amines) is 1. The Labute approximate surface area is 180 Å². The number of hydrogen-bond donors (Lipinski definition) is 3. The third kappa shape index (κ3) is 4.68. The third-order valence-electron chi connectivity index (χ3n) is 5.83. The van der Waals surface area contributed by atoms with E-state index in [2.05, 4.69) is 16.0 Å². The highest BCUT2D eigenvalue weighted by Crippen LogP contribution is 2.31. The molecule has 2 aromatic carbocycles. The minimum atomic E-state index is -0.711. The van der Waals surface area contributed by atoms with Gasteiger partial charge in [0.15, 0.2) is 0 Å². The van der Waals surface area contributed by atoms with Crippen molar-refractivity contribution in [2.24, 2.45) is 0 Å². The first-order chi connectivity index (χ1) is 15.0. The van der Waals surface area contributed by atoms with E-state index in [1.165, 1.54) is 11.0 Å². The molecule has 1 saturated heterocycles. The van der Waals surface area contributed by atoms with E-state index >= 15 is 0 Å². The molecule has 2 aromatic rings. The molecule has 0 aromatic heterocycles. The standard InChI is InChI=1S/C23H25FN4O3/c24-18-7-3-1-5-16(18)10-13-25-20(29)15-28-14-12-23(11-9-21(28)30)26-19-8-4-2-6-17(19)22(31)27-23/h1-8,26H,9-15H2,(H,25,29)(H,27,31). The van der Waals surface area contributed by atoms with Gasteiger partial charge in [-0.3, -0.25) is 14.4 Å². The molecule has 31 heavy (non-hydrogen) atoms. The Morgan fingerprint density at radius 1 is 1.06 bits per heavy atom. The zero-order valence-corrected chi connectivity index (χ0v) is 17.1. The first-order valence-electron chi connectivity index (χ1n) is 10.4. The Bertz CT molecular complexity index is 1010. The SMILES string of the molecule is O=C(CN1CCC2(CCC1=O)NC(=O)c1ccccc1N2)NCCc1ccccc1F. The molecule has 2 aliphatic heterocycles. The average molecular weight is 424 g/mol. The Morgan fingerprint density at radius 3 is 2.68 bits per heavy atom. The minimum Gasteiger partial charge on any atom is -0.362 e. The van der Waals surface area contributed by atoms with Crippen molar-refractivity contribution in [2.45, 2.75) is 31.3 Å². The zero-order valence-electron chi connectivity index (χ0n) is 17.1. The fraction of sp³-hybridized carbons (Fsp3) is 0.348. The number of nitrogens with one attached hydrogen (secondary N) is 3. The lowest BCUT2D eigenvalue weighted by atomic mass is 9.95. The van der Waals surface area contributed by atoms with Crippen LogP contribution in [0.2, 0.25) is 0 Å². The van der Waals surface area contributed by atoms with Crippen molar-refractivity contribution in [3.8, 4) is 0 Å². The number of benzene rings is 2. The number of rotatable bonds is 5. The largest absolute Gasteiger partial charge is 0.362 e. The zero-order chi connectivity index (χ0) is 21.8.